The summed E-state index contributed by atoms with van der Waals surface area (Å²) in [4.78, 5) is 49.2. The highest BCUT2D eigenvalue weighted by molar-refractivity contribution is 5.85. The van der Waals surface area contributed by atoms with Crippen LogP contribution in [0.2, 0.25) is 0 Å². The fourth-order valence-electron chi connectivity index (χ4n) is 16.3. The highest BCUT2D eigenvalue weighted by Gasteiger charge is 2.72. The molecule has 1 amide bonds. The Labute approximate surface area is 357 Å². The van der Waals surface area contributed by atoms with Crippen LogP contribution in [-0.4, -0.2) is 39.0 Å². The number of rotatable bonds is 8. The van der Waals surface area contributed by atoms with Crippen molar-refractivity contribution in [2.24, 2.45) is 73.9 Å². The first-order valence-corrected chi connectivity index (χ1v) is 23.4. The molecule has 12 atom stereocenters. The van der Waals surface area contributed by atoms with Crippen molar-refractivity contribution >= 4 is 17.8 Å². The van der Waals surface area contributed by atoms with E-state index in [4.69, 9.17) is 9.72 Å². The number of aromatic amines is 1. The summed E-state index contributed by atoms with van der Waals surface area (Å²) in [6, 6.07) is 6.46. The first kappa shape index (κ1) is 41.8. The normalized spacial score (nSPS) is 41.8. The van der Waals surface area contributed by atoms with Gasteiger partial charge in [0.15, 0.2) is 0 Å². The van der Waals surface area contributed by atoms with Gasteiger partial charge in [-0.2, -0.15) is 0 Å². The Kier molecular flexibility index (Phi) is 9.59. The zero-order valence-electron chi connectivity index (χ0n) is 37.5. The number of halogens is 1. The van der Waals surface area contributed by atoms with Crippen LogP contribution in [0.4, 0.5) is 4.39 Å². The van der Waals surface area contributed by atoms with Gasteiger partial charge >= 0.3 is 11.9 Å². The molecule has 60 heavy (non-hydrogen) atoms. The Morgan fingerprint density at radius 3 is 2.18 bits per heavy atom. The molecule has 1 heterocycles. The Hall–Kier alpha value is -3.49. The minimum absolute atomic E-state index is 0.0690. The number of H-pyrrole nitrogens is 1. The van der Waals surface area contributed by atoms with E-state index >= 15 is 4.79 Å². The number of nitrogens with zero attached hydrogens (tertiary/aromatic N) is 1. The lowest BCUT2D eigenvalue weighted by molar-refractivity contribution is -0.251. The minimum atomic E-state index is -0.826. The number of nitrogens with one attached hydrogen (secondary N) is 2. The van der Waals surface area contributed by atoms with Gasteiger partial charge in [-0.1, -0.05) is 60.6 Å². The standard InChI is InChI=1S/C51H70FN3O5/c1-29(2)32-17-24-50(44(59)55-51(20-10-21-51)43-53-28-36(54-43)30-11-13-31(52)14-12-30)26-25-48(8)33(40(32)50)15-16-38-47(7)22-19-39(46(5,6)37(47)18-23-49(38,48)9)60-42(58)35-27-34(41(56)57)45(35,3)4/h11-14,28,32-35,37-40H,1,10,15-27H2,2-9H3,(H,53,54)(H,55,59)(H,56,57)/t32-,33+,34-,35+,37-,38+,39-,40+,47-,48+,49+,50-/m0/s1. The van der Waals surface area contributed by atoms with E-state index in [1.165, 1.54) is 17.7 Å². The SMILES string of the molecule is C=C(C)[C@@H]1CC[C@]2(C(=O)NC3(c4ncc(-c5ccc(F)cc5)[nH]4)CCC3)CC[C@]3(C)[C@H](CC[C@@H]4[C@@]5(C)CC[C@H](OC(=O)[C@H]6C[C@@H](C(=O)O)C6(C)C)C(C)(C)[C@@H]5CC[C@]43C)[C@@H]12. The van der Waals surface area contributed by atoms with Gasteiger partial charge in [-0.15, -0.1) is 0 Å². The van der Waals surface area contributed by atoms with Crippen molar-refractivity contribution in [2.75, 3.05) is 0 Å². The molecule has 9 rings (SSSR count). The number of ether oxygens (including phenoxy) is 1. The molecule has 0 bridgehead atoms. The van der Waals surface area contributed by atoms with Gasteiger partial charge in [0.2, 0.25) is 5.91 Å². The molecule has 326 valence electrons. The molecule has 7 saturated carbocycles. The molecule has 0 spiro atoms. The highest BCUT2D eigenvalue weighted by atomic mass is 19.1. The van der Waals surface area contributed by atoms with E-state index in [1.54, 1.807) is 12.1 Å². The number of hydrogen-bond donors (Lipinski definition) is 3. The average Bonchev–Trinajstić information content (AvgIpc) is 3.81. The van der Waals surface area contributed by atoms with Crippen LogP contribution in [0.15, 0.2) is 42.6 Å². The summed E-state index contributed by atoms with van der Waals surface area (Å²) in [5, 5.41) is 13.4. The summed E-state index contributed by atoms with van der Waals surface area (Å²) < 4.78 is 20.2. The number of aromatic nitrogens is 2. The summed E-state index contributed by atoms with van der Waals surface area (Å²) in [7, 11) is 0. The molecule has 1 aromatic heterocycles. The number of aliphatic carboxylic acids is 1. The van der Waals surface area contributed by atoms with Gasteiger partial charge in [-0.25, -0.2) is 9.37 Å². The van der Waals surface area contributed by atoms with Gasteiger partial charge in [-0.3, -0.25) is 14.4 Å². The fraction of sp³-hybridized carbons (Fsp3) is 0.725. The van der Waals surface area contributed by atoms with Gasteiger partial charge in [-0.05, 0) is 178 Å². The number of imidazole rings is 1. The number of amides is 1. The number of hydrogen-bond acceptors (Lipinski definition) is 5. The van der Waals surface area contributed by atoms with Crippen molar-refractivity contribution in [2.45, 2.75) is 157 Å². The summed E-state index contributed by atoms with van der Waals surface area (Å²) in [5.41, 5.74) is 1.41. The van der Waals surface area contributed by atoms with E-state index in [0.29, 0.717) is 30.1 Å². The maximum Gasteiger partial charge on any atom is 0.309 e. The van der Waals surface area contributed by atoms with Crippen molar-refractivity contribution in [3.05, 3.63) is 54.3 Å². The monoisotopic (exact) mass is 824 g/mol. The van der Waals surface area contributed by atoms with E-state index in [-0.39, 0.29) is 57.3 Å². The van der Waals surface area contributed by atoms with Gasteiger partial charge in [0.05, 0.1) is 34.7 Å². The lowest BCUT2D eigenvalue weighted by Gasteiger charge is -2.73. The summed E-state index contributed by atoms with van der Waals surface area (Å²) in [6.07, 6.45) is 14.9. The molecule has 2 aromatic rings. The molecule has 0 radical (unpaired) electrons. The number of carbonyl (C=O) groups is 3. The van der Waals surface area contributed by atoms with E-state index < -0.39 is 28.3 Å². The zero-order chi connectivity index (χ0) is 43.0. The smallest absolute Gasteiger partial charge is 0.309 e. The number of fused-ring (bicyclic) bond motifs is 7. The van der Waals surface area contributed by atoms with E-state index in [0.717, 1.165) is 101 Å². The van der Waals surface area contributed by atoms with E-state index in [9.17, 15) is 19.1 Å². The first-order chi connectivity index (χ1) is 28.1. The number of carboxylic acids is 1. The Morgan fingerprint density at radius 1 is 0.833 bits per heavy atom. The second kappa shape index (κ2) is 13.8. The molecule has 7 fully saturated rings. The summed E-state index contributed by atoms with van der Waals surface area (Å²) in [5.74, 6) is 0.711. The molecular formula is C51H70FN3O5. The fourth-order valence-corrected chi connectivity index (χ4v) is 16.3. The molecule has 3 N–H and O–H groups in total. The summed E-state index contributed by atoms with van der Waals surface area (Å²) >= 11 is 0. The van der Waals surface area contributed by atoms with Crippen LogP contribution in [0.3, 0.4) is 0 Å². The molecule has 1 aromatic carbocycles. The van der Waals surface area contributed by atoms with Gasteiger partial charge in [0, 0.05) is 5.41 Å². The lowest BCUT2D eigenvalue weighted by atomic mass is 9.32. The zero-order valence-corrected chi connectivity index (χ0v) is 37.5. The quantitative estimate of drug-likeness (QED) is 0.180. The topological polar surface area (TPSA) is 121 Å². The van der Waals surface area contributed by atoms with Crippen molar-refractivity contribution in [3.8, 4) is 11.3 Å². The third-order valence-corrected chi connectivity index (χ3v) is 20.3. The molecule has 0 unspecified atom stereocenters. The maximum atomic E-state index is 15.3. The summed E-state index contributed by atoms with van der Waals surface area (Å²) in [6.45, 7) is 23.0. The molecule has 7 aliphatic carbocycles. The van der Waals surface area contributed by atoms with Gasteiger partial charge < -0.3 is 20.1 Å². The minimum Gasteiger partial charge on any atom is -0.481 e. The van der Waals surface area contributed by atoms with Gasteiger partial charge in [0.1, 0.15) is 17.7 Å². The van der Waals surface area contributed by atoms with Crippen LogP contribution in [0.1, 0.15) is 151 Å². The largest absolute Gasteiger partial charge is 0.481 e. The first-order valence-electron chi connectivity index (χ1n) is 23.4. The number of allylic oxidation sites excluding steroid dienone is 1. The maximum absolute atomic E-state index is 15.3. The molecule has 0 aliphatic heterocycles. The van der Waals surface area contributed by atoms with Crippen molar-refractivity contribution in [3.63, 3.8) is 0 Å². The average molecular weight is 824 g/mol. The van der Waals surface area contributed by atoms with E-state index in [1.807, 2.05) is 20.0 Å². The second-order valence-corrected chi connectivity index (χ2v) is 23.2. The predicted molar refractivity (Wildman–Crippen MR) is 230 cm³/mol. The lowest BCUT2D eigenvalue weighted by Crippen LogP contribution is -2.68. The number of esters is 1. The van der Waals surface area contributed by atoms with Crippen LogP contribution in [0.25, 0.3) is 11.3 Å². The third kappa shape index (κ3) is 5.70. The molecule has 8 nitrogen and oxygen atoms in total. The van der Waals surface area contributed by atoms with Crippen LogP contribution < -0.4 is 5.32 Å². The van der Waals surface area contributed by atoms with Gasteiger partial charge in [0.25, 0.3) is 0 Å². The van der Waals surface area contributed by atoms with Crippen molar-refractivity contribution < 1.29 is 28.6 Å². The van der Waals surface area contributed by atoms with Crippen LogP contribution in [0, 0.1) is 79.7 Å². The van der Waals surface area contributed by atoms with E-state index in [2.05, 4.69) is 58.4 Å². The highest BCUT2D eigenvalue weighted by Crippen LogP contribution is 2.78. The second-order valence-electron chi connectivity index (χ2n) is 23.2. The molecule has 7 aliphatic rings. The van der Waals surface area contributed by atoms with Crippen molar-refractivity contribution in [1.29, 1.82) is 0 Å². The molecular weight excluding hydrogens is 754 g/mol. The van der Waals surface area contributed by atoms with Crippen molar-refractivity contribution in [1.82, 2.24) is 15.3 Å². The third-order valence-electron chi connectivity index (χ3n) is 20.3. The number of carboxylic acid groups (broad SMARTS) is 1. The number of benzene rings is 1. The Morgan fingerprint density at radius 2 is 1.55 bits per heavy atom. The van der Waals surface area contributed by atoms with Crippen LogP contribution in [0.5, 0.6) is 0 Å². The van der Waals surface area contributed by atoms with Crippen LogP contribution >= 0.6 is 0 Å². The number of carbonyl (C=O) groups excluding carboxylic acids is 2. The Bertz CT molecular complexity index is 2090. The van der Waals surface area contributed by atoms with Crippen LogP contribution in [-0.2, 0) is 24.7 Å². The predicted octanol–water partition coefficient (Wildman–Crippen LogP) is 11.0. The molecule has 0 saturated heterocycles. The molecule has 9 heteroatoms. The Balaban J connectivity index is 0.960.